The molecule has 0 radical (unpaired) electrons. The highest BCUT2D eigenvalue weighted by Gasteiger charge is 2.47. The number of carbonyl (C=O) groups excluding carboxylic acids is 2. The molecule has 0 saturated carbocycles. The van der Waals surface area contributed by atoms with Crippen LogP contribution in [0, 0.1) is 0 Å². The van der Waals surface area contributed by atoms with Gasteiger partial charge in [0.1, 0.15) is 6.61 Å². The lowest BCUT2D eigenvalue weighted by molar-refractivity contribution is -0.136. The van der Waals surface area contributed by atoms with Crippen LogP contribution in [0.2, 0.25) is 0 Å². The number of aromatic nitrogens is 1. The van der Waals surface area contributed by atoms with Gasteiger partial charge >= 0.3 is 0 Å². The summed E-state index contributed by atoms with van der Waals surface area (Å²) in [4.78, 5) is 30.6. The summed E-state index contributed by atoms with van der Waals surface area (Å²) in [6.07, 6.45) is 5.70. The number of nitrogens with one attached hydrogen (secondary N) is 1. The van der Waals surface area contributed by atoms with Gasteiger partial charge in [0.15, 0.2) is 0 Å². The van der Waals surface area contributed by atoms with Gasteiger partial charge in [0.25, 0.3) is 0 Å². The maximum atomic E-state index is 13.0. The molecule has 2 aromatic rings. The number of hydrogen-bond donors (Lipinski definition) is 2. The predicted octanol–water partition coefficient (Wildman–Crippen LogP) is 2.06. The van der Waals surface area contributed by atoms with Gasteiger partial charge in [-0.3, -0.25) is 14.6 Å². The van der Waals surface area contributed by atoms with E-state index in [1.54, 1.807) is 23.4 Å². The minimum absolute atomic E-state index is 0.0128. The molecule has 1 aromatic carbocycles. The molecule has 2 N–H and O–H groups in total. The second-order valence-corrected chi connectivity index (χ2v) is 7.39. The van der Waals surface area contributed by atoms with Crippen LogP contribution in [-0.2, 0) is 15.0 Å². The Hall–Kier alpha value is -2.73. The number of pyridine rings is 1. The summed E-state index contributed by atoms with van der Waals surface area (Å²) >= 11 is 0. The lowest BCUT2D eigenvalue weighted by Crippen LogP contribution is -2.45. The van der Waals surface area contributed by atoms with Gasteiger partial charge in [-0.1, -0.05) is 24.3 Å². The molecule has 1 saturated heterocycles. The molecule has 2 aliphatic rings. The van der Waals surface area contributed by atoms with Gasteiger partial charge in [-0.15, -0.1) is 0 Å². The van der Waals surface area contributed by atoms with Crippen molar-refractivity contribution in [2.75, 3.05) is 25.0 Å². The van der Waals surface area contributed by atoms with Crippen LogP contribution in [0.5, 0.6) is 0 Å². The van der Waals surface area contributed by atoms with Crippen LogP contribution in [0.4, 0.5) is 5.69 Å². The zero-order chi connectivity index (χ0) is 18.9. The molecule has 27 heavy (non-hydrogen) atoms. The lowest BCUT2D eigenvalue weighted by atomic mass is 9.73. The summed E-state index contributed by atoms with van der Waals surface area (Å²) in [5.74, 6) is -0.440. The second-order valence-electron chi connectivity index (χ2n) is 7.39. The third-order valence-corrected chi connectivity index (χ3v) is 5.96. The molecule has 140 valence electrons. The van der Waals surface area contributed by atoms with Crippen molar-refractivity contribution in [1.82, 2.24) is 9.88 Å². The minimum atomic E-state index is -0.445. The maximum absolute atomic E-state index is 13.0. The number of piperidine rings is 1. The van der Waals surface area contributed by atoms with Crippen molar-refractivity contribution >= 4 is 17.5 Å². The van der Waals surface area contributed by atoms with Gasteiger partial charge in [0.05, 0.1) is 17.8 Å². The van der Waals surface area contributed by atoms with Gasteiger partial charge in [0.2, 0.25) is 11.8 Å². The molecule has 1 aliphatic carbocycles. The Kier molecular flexibility index (Phi) is 4.66. The van der Waals surface area contributed by atoms with Crippen LogP contribution in [-0.4, -0.2) is 46.5 Å². The van der Waals surface area contributed by atoms with Gasteiger partial charge in [-0.05, 0) is 42.5 Å². The van der Waals surface area contributed by atoms with Gasteiger partial charge in [0, 0.05) is 24.7 Å². The van der Waals surface area contributed by atoms with E-state index < -0.39 is 6.61 Å². The zero-order valence-corrected chi connectivity index (χ0v) is 15.1. The number of fused-ring (bicyclic) bond motifs is 2. The molecule has 4 rings (SSSR count). The van der Waals surface area contributed by atoms with E-state index >= 15 is 0 Å². The summed E-state index contributed by atoms with van der Waals surface area (Å²) in [6, 6.07) is 11.8. The van der Waals surface area contributed by atoms with Crippen molar-refractivity contribution in [3.05, 3.63) is 59.9 Å². The summed E-state index contributed by atoms with van der Waals surface area (Å²) < 4.78 is 0. The Labute approximate surface area is 158 Å². The Morgan fingerprint density at radius 2 is 1.96 bits per heavy atom. The maximum Gasteiger partial charge on any atom is 0.248 e. The van der Waals surface area contributed by atoms with Crippen molar-refractivity contribution in [2.45, 2.75) is 30.6 Å². The van der Waals surface area contributed by atoms with Gasteiger partial charge in [-0.25, -0.2) is 0 Å². The smallest absolute Gasteiger partial charge is 0.248 e. The van der Waals surface area contributed by atoms with E-state index in [9.17, 15) is 9.59 Å². The van der Waals surface area contributed by atoms with Crippen LogP contribution in [0.25, 0.3) is 0 Å². The first-order valence-electron chi connectivity index (χ1n) is 9.32. The van der Waals surface area contributed by atoms with Gasteiger partial charge < -0.3 is 15.3 Å². The summed E-state index contributed by atoms with van der Waals surface area (Å²) in [5.41, 5.74) is 2.93. The average molecular weight is 365 g/mol. The van der Waals surface area contributed by atoms with E-state index in [4.69, 9.17) is 5.11 Å². The van der Waals surface area contributed by atoms with Crippen molar-refractivity contribution < 1.29 is 14.7 Å². The normalized spacial score (nSPS) is 20.3. The molecule has 1 aliphatic heterocycles. The third kappa shape index (κ3) is 3.21. The predicted molar refractivity (Wildman–Crippen MR) is 101 cm³/mol. The summed E-state index contributed by atoms with van der Waals surface area (Å²) in [7, 11) is 0. The van der Waals surface area contributed by atoms with Crippen molar-refractivity contribution in [1.29, 1.82) is 0 Å². The third-order valence-electron chi connectivity index (χ3n) is 5.96. The highest BCUT2D eigenvalue weighted by Crippen LogP contribution is 2.51. The molecular weight excluding hydrogens is 342 g/mol. The quantitative estimate of drug-likeness (QED) is 0.872. The largest absolute Gasteiger partial charge is 0.387 e. The van der Waals surface area contributed by atoms with E-state index in [0.717, 1.165) is 24.8 Å². The number of rotatable bonds is 3. The van der Waals surface area contributed by atoms with E-state index in [-0.39, 0.29) is 23.1 Å². The molecule has 1 atom stereocenters. The van der Waals surface area contributed by atoms with Crippen molar-refractivity contribution in [2.24, 2.45) is 0 Å². The monoisotopic (exact) mass is 365 g/mol. The molecule has 2 amide bonds. The number of benzene rings is 1. The van der Waals surface area contributed by atoms with Crippen LogP contribution in [0.15, 0.2) is 48.8 Å². The number of amides is 2. The fraction of sp³-hybridized carbons (Fsp3) is 0.381. The topological polar surface area (TPSA) is 82.5 Å². The van der Waals surface area contributed by atoms with E-state index in [1.165, 1.54) is 5.56 Å². The number of aliphatic hydroxyl groups is 1. The SMILES string of the molecule is O=C(Nc1cccnc1)C1CC2(CCN(C(=O)CO)CC2)c2ccccc21. The molecule has 1 unspecified atom stereocenters. The lowest BCUT2D eigenvalue weighted by Gasteiger charge is -2.40. The van der Waals surface area contributed by atoms with Crippen molar-refractivity contribution in [3.8, 4) is 0 Å². The Bertz CT molecular complexity index is 845. The molecule has 0 bridgehead atoms. The molecule has 6 heteroatoms. The second kappa shape index (κ2) is 7.12. The number of carbonyl (C=O) groups is 2. The molecule has 1 aromatic heterocycles. The van der Waals surface area contributed by atoms with Crippen LogP contribution in [0.1, 0.15) is 36.3 Å². The van der Waals surface area contributed by atoms with E-state index in [0.29, 0.717) is 18.8 Å². The highest BCUT2D eigenvalue weighted by atomic mass is 16.3. The molecule has 1 fully saturated rings. The standard InChI is InChI=1S/C21H23N3O3/c25-14-19(26)24-10-7-21(8-11-24)12-17(16-5-1-2-6-18(16)21)20(27)23-15-4-3-9-22-13-15/h1-6,9,13,17,25H,7-8,10-12,14H2,(H,23,27). The molecular formula is C21H23N3O3. The number of hydrogen-bond acceptors (Lipinski definition) is 4. The van der Waals surface area contributed by atoms with Gasteiger partial charge in [-0.2, -0.15) is 0 Å². The highest BCUT2D eigenvalue weighted by molar-refractivity contribution is 5.96. The Morgan fingerprint density at radius 3 is 2.67 bits per heavy atom. The van der Waals surface area contributed by atoms with E-state index in [2.05, 4.69) is 16.4 Å². The fourth-order valence-corrected chi connectivity index (χ4v) is 4.55. The van der Waals surface area contributed by atoms with Crippen LogP contribution >= 0.6 is 0 Å². The molecule has 6 nitrogen and oxygen atoms in total. The number of aliphatic hydroxyl groups excluding tert-OH is 1. The molecule has 1 spiro atoms. The number of likely N-dealkylation sites (tertiary alicyclic amines) is 1. The number of nitrogens with zero attached hydrogens (tertiary/aromatic N) is 2. The first-order chi connectivity index (χ1) is 13.1. The first-order valence-corrected chi connectivity index (χ1v) is 9.32. The van der Waals surface area contributed by atoms with Crippen LogP contribution in [0.3, 0.4) is 0 Å². The summed E-state index contributed by atoms with van der Waals surface area (Å²) in [5, 5.41) is 12.1. The Morgan fingerprint density at radius 1 is 1.19 bits per heavy atom. The molecule has 2 heterocycles. The minimum Gasteiger partial charge on any atom is -0.387 e. The summed E-state index contributed by atoms with van der Waals surface area (Å²) in [6.45, 7) is 0.787. The van der Waals surface area contributed by atoms with E-state index in [1.807, 2.05) is 24.3 Å². The Balaban J connectivity index is 1.57. The zero-order valence-electron chi connectivity index (χ0n) is 15.1. The van der Waals surface area contributed by atoms with Crippen molar-refractivity contribution in [3.63, 3.8) is 0 Å². The number of anilines is 1. The average Bonchev–Trinajstić information content (AvgIpc) is 3.03. The first kappa shape index (κ1) is 17.7. The fourth-order valence-electron chi connectivity index (χ4n) is 4.55. The van der Waals surface area contributed by atoms with Crippen LogP contribution < -0.4 is 5.32 Å².